The van der Waals surface area contributed by atoms with E-state index in [0.29, 0.717) is 11.1 Å². The molecule has 3 nitrogen and oxygen atoms in total. The molecule has 2 aromatic heterocycles. The smallest absolute Gasteiger partial charge is 0.197 e. The lowest BCUT2D eigenvalue weighted by Gasteiger charge is -2.23. The minimum absolute atomic E-state index is 0.193. The summed E-state index contributed by atoms with van der Waals surface area (Å²) in [6, 6.07) is 37.6. The van der Waals surface area contributed by atoms with Gasteiger partial charge in [0, 0.05) is 36.8 Å². The van der Waals surface area contributed by atoms with Gasteiger partial charge in [0.05, 0.1) is 5.57 Å². The van der Waals surface area contributed by atoms with E-state index in [-0.39, 0.29) is 17.1 Å². The van der Waals surface area contributed by atoms with Crippen LogP contribution in [0, 0.1) is 13.8 Å². The second-order valence-corrected chi connectivity index (χ2v) is 13.3. The molecule has 0 N–H and O–H groups in total. The molecule has 43 heavy (non-hydrogen) atoms. The third-order valence-electron chi connectivity index (χ3n) is 8.12. The molecule has 5 aromatic carbocycles. The molecular weight excluding hydrogens is 567 g/mol. The molecule has 0 fully saturated rings. The summed E-state index contributed by atoms with van der Waals surface area (Å²) in [5, 5.41) is 5.36. The van der Waals surface area contributed by atoms with Crippen LogP contribution in [0.5, 0.6) is 0 Å². The van der Waals surface area contributed by atoms with E-state index in [9.17, 15) is 9.59 Å². The summed E-state index contributed by atoms with van der Waals surface area (Å²) in [4.78, 5) is 29.8. The molecule has 0 radical (unpaired) electrons. The Morgan fingerprint density at radius 1 is 0.558 bits per heavy atom. The molecule has 0 saturated heterocycles. The Morgan fingerprint density at radius 3 is 1.63 bits per heavy atom. The number of thiophene rings is 2. The Hall–Kier alpha value is -4.84. The zero-order chi connectivity index (χ0) is 29.2. The van der Waals surface area contributed by atoms with Gasteiger partial charge >= 0.3 is 0 Å². The summed E-state index contributed by atoms with van der Waals surface area (Å²) in [7, 11) is 0. The van der Waals surface area contributed by atoms with Crippen molar-refractivity contribution in [3.05, 3.63) is 142 Å². The SMILES string of the molecule is Cc1ccc(N(c2ccc(C)cc2)c2cc3cc4sc(C=C5C(=O)c6cc7ccccc7cc6C5=O)cc4cc3s2)cc1. The van der Waals surface area contributed by atoms with Crippen molar-refractivity contribution in [1.29, 1.82) is 0 Å². The average Bonchev–Trinajstić information content (AvgIpc) is 3.67. The van der Waals surface area contributed by atoms with Gasteiger partial charge in [0.15, 0.2) is 11.6 Å². The number of hydrogen-bond acceptors (Lipinski definition) is 5. The molecule has 2 heterocycles. The summed E-state index contributed by atoms with van der Waals surface area (Å²) in [6.45, 7) is 4.21. The Bertz CT molecular complexity index is 2130. The van der Waals surface area contributed by atoms with Crippen LogP contribution in [0.2, 0.25) is 0 Å². The topological polar surface area (TPSA) is 37.4 Å². The number of carbonyl (C=O) groups excluding carboxylic acids is 2. The largest absolute Gasteiger partial charge is 0.302 e. The fourth-order valence-electron chi connectivity index (χ4n) is 5.83. The zero-order valence-electron chi connectivity index (χ0n) is 23.5. The summed E-state index contributed by atoms with van der Waals surface area (Å²) < 4.78 is 2.32. The highest BCUT2D eigenvalue weighted by Gasteiger charge is 2.33. The van der Waals surface area contributed by atoms with E-state index in [4.69, 9.17) is 0 Å². The van der Waals surface area contributed by atoms with Crippen LogP contribution in [0.3, 0.4) is 0 Å². The number of rotatable bonds is 4. The molecule has 0 bridgehead atoms. The van der Waals surface area contributed by atoms with Crippen molar-refractivity contribution in [2.24, 2.45) is 0 Å². The summed E-state index contributed by atoms with van der Waals surface area (Å²) in [5.74, 6) is -0.387. The first-order valence-corrected chi connectivity index (χ1v) is 15.8. The predicted octanol–water partition coefficient (Wildman–Crippen LogP) is 10.8. The highest BCUT2D eigenvalue weighted by atomic mass is 32.1. The normalized spacial score (nSPS) is 12.9. The molecule has 1 aliphatic carbocycles. The van der Waals surface area contributed by atoms with E-state index in [1.54, 1.807) is 28.7 Å². The molecule has 206 valence electrons. The molecule has 0 spiro atoms. The van der Waals surface area contributed by atoms with Crippen molar-refractivity contribution in [2.45, 2.75) is 13.8 Å². The van der Waals surface area contributed by atoms with E-state index >= 15 is 0 Å². The maximum atomic E-state index is 13.3. The molecule has 8 rings (SSSR count). The van der Waals surface area contributed by atoms with Crippen molar-refractivity contribution in [3.8, 4) is 0 Å². The van der Waals surface area contributed by atoms with Crippen molar-refractivity contribution in [1.82, 2.24) is 0 Å². The van der Waals surface area contributed by atoms with Crippen molar-refractivity contribution in [3.63, 3.8) is 0 Å². The second-order valence-electron chi connectivity index (χ2n) is 11.1. The van der Waals surface area contributed by atoms with E-state index in [2.05, 4.69) is 91.5 Å². The van der Waals surface area contributed by atoms with Gasteiger partial charge in [0.25, 0.3) is 0 Å². The number of anilines is 3. The number of allylic oxidation sites excluding steroid dienone is 1. The molecule has 0 atom stereocenters. The maximum Gasteiger partial charge on any atom is 0.197 e. The van der Waals surface area contributed by atoms with Gasteiger partial charge in [-0.2, -0.15) is 0 Å². The number of aryl methyl sites for hydroxylation is 2. The van der Waals surface area contributed by atoms with Gasteiger partial charge in [-0.25, -0.2) is 0 Å². The zero-order valence-corrected chi connectivity index (χ0v) is 25.2. The van der Waals surface area contributed by atoms with Gasteiger partial charge in [-0.05, 0) is 102 Å². The average molecular weight is 592 g/mol. The maximum absolute atomic E-state index is 13.3. The second kappa shape index (κ2) is 9.87. The first kappa shape index (κ1) is 25.8. The molecule has 0 saturated carbocycles. The third kappa shape index (κ3) is 4.40. The van der Waals surface area contributed by atoms with Crippen LogP contribution in [0.25, 0.3) is 37.0 Å². The van der Waals surface area contributed by atoms with Crippen LogP contribution < -0.4 is 4.90 Å². The Kier molecular flexibility index (Phi) is 5.93. The molecule has 0 aliphatic heterocycles. The van der Waals surface area contributed by atoms with Gasteiger partial charge in [-0.1, -0.05) is 59.7 Å². The quantitative estimate of drug-likeness (QED) is 0.151. The number of Topliss-reactive ketones (excluding diaryl/α,β-unsaturated/α-hetero) is 2. The molecule has 5 heteroatoms. The van der Waals surface area contributed by atoms with Crippen LogP contribution in [0.1, 0.15) is 36.7 Å². The fourth-order valence-corrected chi connectivity index (χ4v) is 8.01. The summed E-state index contributed by atoms with van der Waals surface area (Å²) in [6.07, 6.45) is 1.77. The summed E-state index contributed by atoms with van der Waals surface area (Å²) in [5.41, 5.74) is 5.94. The summed E-state index contributed by atoms with van der Waals surface area (Å²) >= 11 is 3.37. The molecular formula is C38H25NO2S2. The number of hydrogen-bond donors (Lipinski definition) is 0. The van der Waals surface area contributed by atoms with Crippen LogP contribution in [0.4, 0.5) is 16.4 Å². The predicted molar refractivity (Wildman–Crippen MR) is 182 cm³/mol. The fraction of sp³-hybridized carbons (Fsp3) is 0.0526. The minimum Gasteiger partial charge on any atom is -0.302 e. The van der Waals surface area contributed by atoms with Crippen molar-refractivity contribution >= 4 is 87.6 Å². The van der Waals surface area contributed by atoms with Crippen LogP contribution in [-0.2, 0) is 0 Å². The van der Waals surface area contributed by atoms with Gasteiger partial charge in [0.2, 0.25) is 0 Å². The van der Waals surface area contributed by atoms with Gasteiger partial charge in [-0.15, -0.1) is 22.7 Å². The Labute approximate surface area is 257 Å². The highest BCUT2D eigenvalue weighted by molar-refractivity contribution is 7.23. The lowest BCUT2D eigenvalue weighted by molar-refractivity contribution is 0.0990. The van der Waals surface area contributed by atoms with Crippen molar-refractivity contribution in [2.75, 3.05) is 4.90 Å². The van der Waals surface area contributed by atoms with E-state index in [1.807, 2.05) is 36.4 Å². The van der Waals surface area contributed by atoms with Crippen molar-refractivity contribution < 1.29 is 9.59 Å². The van der Waals surface area contributed by atoms with Gasteiger partial charge in [0.1, 0.15) is 5.00 Å². The number of fused-ring (bicyclic) bond motifs is 4. The molecule has 0 amide bonds. The minimum atomic E-state index is -0.193. The first-order valence-electron chi connectivity index (χ1n) is 14.2. The molecule has 7 aromatic rings. The number of ketones is 2. The number of carbonyl (C=O) groups is 2. The third-order valence-corrected chi connectivity index (χ3v) is 10.2. The Balaban J connectivity index is 1.17. The van der Waals surface area contributed by atoms with Crippen LogP contribution >= 0.6 is 22.7 Å². The van der Waals surface area contributed by atoms with Crippen LogP contribution in [0.15, 0.2) is 115 Å². The highest BCUT2D eigenvalue weighted by Crippen LogP contribution is 2.44. The standard InChI is InChI=1S/C38H25NO2S2/c1-22-7-11-28(12-8-22)39(29-13-9-23(2)10-14-29)36-20-27-19-34-26(18-35(27)43-36)15-30(42-34)21-33-37(40)31-16-24-5-3-4-6-25(24)17-32(31)38(33)41/h3-21H,1-2H3. The van der Waals surface area contributed by atoms with Gasteiger partial charge in [-0.3, -0.25) is 9.59 Å². The monoisotopic (exact) mass is 591 g/mol. The number of benzene rings is 5. The van der Waals surface area contributed by atoms with Crippen LogP contribution in [-0.4, -0.2) is 11.6 Å². The van der Waals surface area contributed by atoms with E-state index in [0.717, 1.165) is 42.1 Å². The Morgan fingerprint density at radius 2 is 1.07 bits per heavy atom. The van der Waals surface area contributed by atoms with E-state index < -0.39 is 0 Å². The molecule has 1 aliphatic rings. The lowest BCUT2D eigenvalue weighted by Crippen LogP contribution is -2.08. The number of nitrogens with zero attached hydrogens (tertiary/aromatic N) is 1. The molecule has 0 unspecified atom stereocenters. The van der Waals surface area contributed by atoms with Gasteiger partial charge < -0.3 is 4.90 Å². The lowest BCUT2D eigenvalue weighted by atomic mass is 10.0. The first-order chi connectivity index (χ1) is 20.9. The van der Waals surface area contributed by atoms with E-state index in [1.165, 1.54) is 21.2 Å².